The van der Waals surface area contributed by atoms with E-state index in [0.717, 1.165) is 0 Å². The fourth-order valence-electron chi connectivity index (χ4n) is 0.422. The highest BCUT2D eigenvalue weighted by Crippen LogP contribution is 1.97. The van der Waals surface area contributed by atoms with E-state index in [2.05, 4.69) is 4.85 Å². The molecule has 0 aromatic carbocycles. The zero-order valence-electron chi connectivity index (χ0n) is 7.13. The number of esters is 1. The third-order valence-corrected chi connectivity index (χ3v) is 1.09. The summed E-state index contributed by atoms with van der Waals surface area (Å²) in [5.41, 5.74) is 0. The van der Waals surface area contributed by atoms with E-state index in [9.17, 15) is 4.79 Å². The van der Waals surface area contributed by atoms with Crippen LogP contribution in [0.4, 0.5) is 0 Å². The average Bonchev–Trinajstić information content (AvgIpc) is 1.98. The van der Waals surface area contributed by atoms with Crippen molar-refractivity contribution in [3.8, 4) is 0 Å². The Morgan fingerprint density at radius 2 is 2.09 bits per heavy atom. The lowest BCUT2D eigenvalue weighted by atomic mass is 10.2. The predicted octanol–water partition coefficient (Wildman–Crippen LogP) is 1.49. The minimum atomic E-state index is -0.659. The molecule has 0 spiro atoms. The van der Waals surface area contributed by atoms with Gasteiger partial charge in [0.15, 0.2) is 0 Å². The second-order valence-electron chi connectivity index (χ2n) is 2.83. The minimum Gasteiger partial charge on any atom is -0.460 e. The van der Waals surface area contributed by atoms with Crippen molar-refractivity contribution in [1.82, 2.24) is 0 Å². The molecule has 0 rings (SSSR count). The van der Waals surface area contributed by atoms with Crippen LogP contribution in [0.1, 0.15) is 20.8 Å². The van der Waals surface area contributed by atoms with Crippen LogP contribution in [0.15, 0.2) is 0 Å². The highest BCUT2D eigenvalue weighted by atomic mass is 16.5. The van der Waals surface area contributed by atoms with E-state index in [1.54, 1.807) is 0 Å². The SMILES string of the molecule is [C-]#[N+]C(C)C(=O)OCC(C)C. The van der Waals surface area contributed by atoms with E-state index >= 15 is 0 Å². The van der Waals surface area contributed by atoms with Gasteiger partial charge in [0.2, 0.25) is 0 Å². The van der Waals surface area contributed by atoms with E-state index in [-0.39, 0.29) is 0 Å². The van der Waals surface area contributed by atoms with Crippen molar-refractivity contribution in [3.05, 3.63) is 11.4 Å². The maximum Gasteiger partial charge on any atom is 0.389 e. The first-order valence-corrected chi connectivity index (χ1v) is 3.61. The molecular formula is C8H13NO2. The average molecular weight is 155 g/mol. The molecule has 0 N–H and O–H groups in total. The molecule has 0 aromatic rings. The van der Waals surface area contributed by atoms with E-state index in [1.165, 1.54) is 6.92 Å². The van der Waals surface area contributed by atoms with Gasteiger partial charge in [-0.3, -0.25) is 0 Å². The molecule has 0 heterocycles. The molecule has 0 aliphatic rings. The van der Waals surface area contributed by atoms with E-state index in [1.807, 2.05) is 13.8 Å². The first-order chi connectivity index (χ1) is 5.07. The quantitative estimate of drug-likeness (QED) is 0.456. The number of hydrogen-bond acceptors (Lipinski definition) is 2. The van der Waals surface area contributed by atoms with Crippen LogP contribution in [0.25, 0.3) is 4.85 Å². The Kier molecular flexibility index (Phi) is 4.28. The zero-order chi connectivity index (χ0) is 8.85. The Morgan fingerprint density at radius 1 is 1.55 bits per heavy atom. The number of carbonyl (C=O) groups is 1. The second-order valence-corrected chi connectivity index (χ2v) is 2.83. The van der Waals surface area contributed by atoms with Crippen molar-refractivity contribution in [2.45, 2.75) is 26.8 Å². The predicted molar refractivity (Wildman–Crippen MR) is 41.9 cm³/mol. The Morgan fingerprint density at radius 3 is 2.45 bits per heavy atom. The first kappa shape index (κ1) is 9.96. The molecule has 0 aliphatic heterocycles. The molecule has 0 saturated heterocycles. The molecule has 3 nitrogen and oxygen atoms in total. The number of hydrogen-bond donors (Lipinski definition) is 0. The minimum absolute atomic E-state index is 0.330. The lowest BCUT2D eigenvalue weighted by Gasteiger charge is -2.05. The molecule has 0 aromatic heterocycles. The maximum atomic E-state index is 10.8. The summed E-state index contributed by atoms with van der Waals surface area (Å²) in [4.78, 5) is 13.9. The molecule has 11 heavy (non-hydrogen) atoms. The number of nitrogens with zero attached hydrogens (tertiary/aromatic N) is 1. The number of rotatable bonds is 3. The summed E-state index contributed by atoms with van der Waals surface area (Å²) < 4.78 is 4.80. The van der Waals surface area contributed by atoms with Crippen LogP contribution in [0.5, 0.6) is 0 Å². The van der Waals surface area contributed by atoms with Crippen molar-refractivity contribution in [2.24, 2.45) is 5.92 Å². The standard InChI is InChI=1S/C8H13NO2/c1-6(2)5-11-8(10)7(3)9-4/h6-7H,5H2,1-3H3. The molecule has 0 fully saturated rings. The first-order valence-electron chi connectivity index (χ1n) is 3.61. The normalized spacial score (nSPS) is 12.3. The summed E-state index contributed by atoms with van der Waals surface area (Å²) >= 11 is 0. The maximum absolute atomic E-state index is 10.8. The molecule has 0 radical (unpaired) electrons. The van der Waals surface area contributed by atoms with Gasteiger partial charge in [-0.15, -0.1) is 0 Å². The topological polar surface area (TPSA) is 30.7 Å². The van der Waals surface area contributed by atoms with Gasteiger partial charge in [-0.2, -0.15) is 0 Å². The molecule has 62 valence electrons. The molecule has 3 heteroatoms. The van der Waals surface area contributed by atoms with Crippen molar-refractivity contribution in [2.75, 3.05) is 6.61 Å². The molecule has 0 amide bonds. The van der Waals surface area contributed by atoms with Crippen molar-refractivity contribution < 1.29 is 9.53 Å². The Labute approximate surface area is 67.2 Å². The second kappa shape index (κ2) is 4.73. The van der Waals surface area contributed by atoms with Gasteiger partial charge in [-0.1, -0.05) is 13.8 Å². The van der Waals surface area contributed by atoms with Crippen LogP contribution in [-0.4, -0.2) is 18.6 Å². The fraction of sp³-hybridized carbons (Fsp3) is 0.750. The third kappa shape index (κ3) is 4.38. The fourth-order valence-corrected chi connectivity index (χ4v) is 0.422. The molecule has 0 aliphatic carbocycles. The van der Waals surface area contributed by atoms with Gasteiger partial charge in [-0.05, 0) is 5.92 Å². The van der Waals surface area contributed by atoms with Crippen molar-refractivity contribution in [1.29, 1.82) is 0 Å². The molecule has 1 unspecified atom stereocenters. The summed E-state index contributed by atoms with van der Waals surface area (Å²) in [7, 11) is 0. The highest BCUT2D eigenvalue weighted by molar-refractivity contribution is 5.77. The lowest BCUT2D eigenvalue weighted by molar-refractivity contribution is -0.144. The van der Waals surface area contributed by atoms with E-state index < -0.39 is 12.0 Å². The van der Waals surface area contributed by atoms with Crippen LogP contribution in [0.2, 0.25) is 0 Å². The van der Waals surface area contributed by atoms with E-state index in [4.69, 9.17) is 11.3 Å². The summed E-state index contributed by atoms with van der Waals surface area (Å²) in [5, 5.41) is 0. The van der Waals surface area contributed by atoms with Crippen molar-refractivity contribution >= 4 is 5.97 Å². The largest absolute Gasteiger partial charge is 0.460 e. The summed E-state index contributed by atoms with van der Waals surface area (Å²) in [5.74, 6) is -0.0921. The Hall–Kier alpha value is -1.04. The van der Waals surface area contributed by atoms with Crippen LogP contribution in [0, 0.1) is 12.5 Å². The van der Waals surface area contributed by atoms with Gasteiger partial charge in [0.1, 0.15) is 0 Å². The molecule has 0 saturated carbocycles. The lowest BCUT2D eigenvalue weighted by Crippen LogP contribution is -2.18. The van der Waals surface area contributed by atoms with Gasteiger partial charge >= 0.3 is 12.0 Å². The third-order valence-electron chi connectivity index (χ3n) is 1.09. The van der Waals surface area contributed by atoms with Crippen LogP contribution >= 0.6 is 0 Å². The smallest absolute Gasteiger partial charge is 0.389 e. The van der Waals surface area contributed by atoms with Crippen LogP contribution in [-0.2, 0) is 9.53 Å². The zero-order valence-corrected chi connectivity index (χ0v) is 7.13. The summed E-state index contributed by atoms with van der Waals surface area (Å²) in [6.45, 7) is 12.4. The van der Waals surface area contributed by atoms with Gasteiger partial charge in [0.25, 0.3) is 0 Å². The van der Waals surface area contributed by atoms with Crippen LogP contribution < -0.4 is 0 Å². The molecular weight excluding hydrogens is 142 g/mol. The number of ether oxygens (including phenoxy) is 1. The summed E-state index contributed by atoms with van der Waals surface area (Å²) in [6, 6.07) is -0.659. The number of carbonyl (C=O) groups excluding carboxylic acids is 1. The van der Waals surface area contributed by atoms with Gasteiger partial charge in [-0.25, -0.2) is 11.4 Å². The van der Waals surface area contributed by atoms with Gasteiger partial charge in [0.05, 0.1) is 6.61 Å². The van der Waals surface area contributed by atoms with E-state index in [0.29, 0.717) is 12.5 Å². The van der Waals surface area contributed by atoms with Crippen LogP contribution in [0.3, 0.4) is 0 Å². The molecule has 1 atom stereocenters. The Bertz CT molecular complexity index is 169. The molecule has 0 bridgehead atoms. The monoisotopic (exact) mass is 155 g/mol. The Balaban J connectivity index is 3.63. The summed E-state index contributed by atoms with van der Waals surface area (Å²) in [6.07, 6.45) is 0. The van der Waals surface area contributed by atoms with Gasteiger partial charge < -0.3 is 9.58 Å². The van der Waals surface area contributed by atoms with Crippen molar-refractivity contribution in [3.63, 3.8) is 0 Å². The highest BCUT2D eigenvalue weighted by Gasteiger charge is 2.18. The van der Waals surface area contributed by atoms with Gasteiger partial charge in [0, 0.05) is 6.92 Å².